The molecule has 11 aromatic rings. The first kappa shape index (κ1) is 47.2. The molecule has 384 valence electrons. The van der Waals surface area contributed by atoms with Gasteiger partial charge in [-0.25, -0.2) is 0 Å². The SMILES string of the molecule is CC1(C)c2ccccc2-c2ccc(-c3ccc4c(c3)-c3cc(-c5ccncc5)c(-c5ccc(-c6ccc(N(c7ccc(-c8ccccc8)cc7)c7ccc(-c8ccccc8)cc7)cc6)cc5)cc3C43C4CC5CC(C4)CC3C5)cc21. The lowest BCUT2D eigenvalue weighted by Gasteiger charge is -2.61. The predicted octanol–water partition coefficient (Wildman–Crippen LogP) is 20.6. The van der Waals surface area contributed by atoms with Crippen LogP contribution in [0.15, 0.2) is 255 Å². The summed E-state index contributed by atoms with van der Waals surface area (Å²) in [7, 11) is 0. The second kappa shape index (κ2) is 18.4. The first-order valence-corrected chi connectivity index (χ1v) is 29.2. The van der Waals surface area contributed by atoms with Crippen molar-refractivity contribution in [3.63, 3.8) is 0 Å². The highest BCUT2D eigenvalue weighted by Crippen LogP contribution is 2.70. The van der Waals surface area contributed by atoms with E-state index in [0.29, 0.717) is 11.8 Å². The molecule has 10 aromatic carbocycles. The average molecular weight is 1030 g/mol. The second-order valence-corrected chi connectivity index (χ2v) is 24.3. The Labute approximate surface area is 471 Å². The maximum Gasteiger partial charge on any atom is 0.0462 e. The van der Waals surface area contributed by atoms with Crippen molar-refractivity contribution >= 4 is 17.1 Å². The van der Waals surface area contributed by atoms with Gasteiger partial charge in [-0.15, -0.1) is 0 Å². The highest BCUT2D eigenvalue weighted by atomic mass is 15.1. The minimum absolute atomic E-state index is 0.0210. The molecule has 0 radical (unpaired) electrons. The van der Waals surface area contributed by atoms with E-state index in [0.717, 1.165) is 28.9 Å². The monoisotopic (exact) mass is 1030 g/mol. The normalized spacial score (nSPS) is 20.3. The summed E-state index contributed by atoms with van der Waals surface area (Å²) in [5, 5.41) is 0. The predicted molar refractivity (Wildman–Crippen MR) is 332 cm³/mol. The standard InChI is InChI=1S/C78H62N2/c1-77(2)73-16-10-9-15-67(73)68-35-27-61(47-75(68)77)60-28-36-74-71(46-60)72-48-69(59-37-39-79-40-38-59)70(49-76(72)78(74)62-42-50-41-51(44-62)45-63(78)43-50)58-19-17-54(18-20-58)57-25-33-66(34-26-57)80(64-29-21-55(22-30-64)52-11-5-3-6-12-52)65-31-23-56(24-32-65)53-13-7-4-8-14-53/h3-40,46-51,62-63H,41-45H2,1-2H3. The van der Waals surface area contributed by atoms with Crippen molar-refractivity contribution < 1.29 is 0 Å². The Morgan fingerprint density at radius 1 is 0.300 bits per heavy atom. The highest BCUT2D eigenvalue weighted by molar-refractivity contribution is 5.95. The summed E-state index contributed by atoms with van der Waals surface area (Å²) in [6.07, 6.45) is 10.7. The molecule has 2 heteroatoms. The quantitative estimate of drug-likeness (QED) is 0.143. The highest BCUT2D eigenvalue weighted by Gasteiger charge is 2.61. The van der Waals surface area contributed by atoms with Crippen LogP contribution in [0.25, 0.3) is 89.0 Å². The molecule has 1 aromatic heterocycles. The van der Waals surface area contributed by atoms with E-state index in [4.69, 9.17) is 0 Å². The zero-order valence-corrected chi connectivity index (χ0v) is 45.5. The molecule has 4 bridgehead atoms. The van der Waals surface area contributed by atoms with Gasteiger partial charge in [-0.05, 0) is 240 Å². The maximum absolute atomic E-state index is 4.52. The number of rotatable bonds is 9. The molecule has 4 fully saturated rings. The smallest absolute Gasteiger partial charge is 0.0462 e. The van der Waals surface area contributed by atoms with Gasteiger partial charge in [-0.3, -0.25) is 4.98 Å². The first-order valence-electron chi connectivity index (χ1n) is 29.2. The van der Waals surface area contributed by atoms with Gasteiger partial charge in [0.15, 0.2) is 0 Å². The molecule has 0 atom stereocenters. The summed E-state index contributed by atoms with van der Waals surface area (Å²) >= 11 is 0. The Bertz CT molecular complexity index is 4050. The van der Waals surface area contributed by atoms with Crippen molar-refractivity contribution in [1.29, 1.82) is 0 Å². The van der Waals surface area contributed by atoms with Crippen molar-refractivity contribution in [2.75, 3.05) is 4.90 Å². The molecule has 0 saturated heterocycles. The third-order valence-corrected chi connectivity index (χ3v) is 19.8. The topological polar surface area (TPSA) is 16.1 Å². The largest absolute Gasteiger partial charge is 0.311 e. The lowest BCUT2D eigenvalue weighted by atomic mass is 9.43. The molecule has 4 saturated carbocycles. The Morgan fingerprint density at radius 3 is 1.30 bits per heavy atom. The molecule has 0 N–H and O–H groups in total. The Balaban J connectivity index is 0.774. The van der Waals surface area contributed by atoms with Crippen LogP contribution in [0.5, 0.6) is 0 Å². The molecule has 0 aliphatic heterocycles. The molecule has 6 aliphatic carbocycles. The van der Waals surface area contributed by atoms with Crippen LogP contribution in [0.3, 0.4) is 0 Å². The van der Waals surface area contributed by atoms with Crippen LogP contribution >= 0.6 is 0 Å². The van der Waals surface area contributed by atoms with Gasteiger partial charge in [0.2, 0.25) is 0 Å². The molecule has 0 amide bonds. The van der Waals surface area contributed by atoms with Gasteiger partial charge in [0.05, 0.1) is 0 Å². The summed E-state index contributed by atoms with van der Waals surface area (Å²) in [4.78, 5) is 6.88. The number of anilines is 3. The van der Waals surface area contributed by atoms with Gasteiger partial charge in [0.1, 0.15) is 0 Å². The Morgan fingerprint density at radius 2 is 0.725 bits per heavy atom. The average Bonchev–Trinajstić information content (AvgIpc) is 4.13. The van der Waals surface area contributed by atoms with E-state index in [1.54, 1.807) is 11.1 Å². The van der Waals surface area contributed by atoms with E-state index in [2.05, 4.69) is 266 Å². The van der Waals surface area contributed by atoms with Crippen LogP contribution in [0, 0.1) is 23.7 Å². The zero-order chi connectivity index (χ0) is 53.1. The lowest BCUT2D eigenvalue weighted by Crippen LogP contribution is -2.55. The molecular weight excluding hydrogens is 965 g/mol. The molecular formula is C78H62N2. The summed E-state index contributed by atoms with van der Waals surface area (Å²) in [6.45, 7) is 4.79. The fourth-order valence-corrected chi connectivity index (χ4v) is 16.3. The molecule has 2 nitrogen and oxygen atoms in total. The van der Waals surface area contributed by atoms with Crippen molar-refractivity contribution in [2.45, 2.75) is 56.8 Å². The summed E-state index contributed by atoms with van der Waals surface area (Å²) in [5.41, 5.74) is 29.8. The lowest BCUT2D eigenvalue weighted by molar-refractivity contribution is -0.0399. The van der Waals surface area contributed by atoms with Gasteiger partial charge < -0.3 is 4.90 Å². The van der Waals surface area contributed by atoms with E-state index in [1.165, 1.54) is 132 Å². The summed E-state index contributed by atoms with van der Waals surface area (Å²) < 4.78 is 0. The van der Waals surface area contributed by atoms with Gasteiger partial charge in [-0.1, -0.05) is 184 Å². The molecule has 6 aliphatic rings. The number of nitrogens with zero attached hydrogens (tertiary/aromatic N) is 2. The van der Waals surface area contributed by atoms with E-state index in [9.17, 15) is 0 Å². The second-order valence-electron chi connectivity index (χ2n) is 24.3. The van der Waals surface area contributed by atoms with Crippen LogP contribution in [0.4, 0.5) is 17.1 Å². The molecule has 17 rings (SSSR count). The first-order chi connectivity index (χ1) is 39.3. The number of pyridine rings is 1. The third kappa shape index (κ3) is 7.41. The van der Waals surface area contributed by atoms with Crippen LogP contribution in [-0.4, -0.2) is 4.98 Å². The van der Waals surface area contributed by atoms with E-state index < -0.39 is 0 Å². The van der Waals surface area contributed by atoms with Crippen molar-refractivity contribution in [1.82, 2.24) is 4.98 Å². The molecule has 0 unspecified atom stereocenters. The Kier molecular flexibility index (Phi) is 10.8. The van der Waals surface area contributed by atoms with Gasteiger partial charge in [0, 0.05) is 40.3 Å². The summed E-state index contributed by atoms with van der Waals surface area (Å²) in [6, 6.07) is 91.4. The van der Waals surface area contributed by atoms with Gasteiger partial charge >= 0.3 is 0 Å². The number of benzene rings is 10. The third-order valence-electron chi connectivity index (χ3n) is 19.8. The van der Waals surface area contributed by atoms with Crippen LogP contribution in [0.2, 0.25) is 0 Å². The number of hydrogen-bond acceptors (Lipinski definition) is 2. The molecule has 1 heterocycles. The van der Waals surface area contributed by atoms with Gasteiger partial charge in [0.25, 0.3) is 0 Å². The van der Waals surface area contributed by atoms with Crippen molar-refractivity contribution in [3.8, 4) is 89.0 Å². The minimum atomic E-state index is -0.0509. The van der Waals surface area contributed by atoms with E-state index >= 15 is 0 Å². The van der Waals surface area contributed by atoms with Crippen LogP contribution < -0.4 is 4.90 Å². The maximum atomic E-state index is 4.52. The fraction of sp³-hybridized carbons (Fsp3) is 0.167. The van der Waals surface area contributed by atoms with E-state index in [-0.39, 0.29) is 10.8 Å². The minimum Gasteiger partial charge on any atom is -0.311 e. The number of fused-ring (bicyclic) bond motifs is 6. The fourth-order valence-electron chi connectivity index (χ4n) is 16.3. The molecule has 1 spiro atoms. The van der Waals surface area contributed by atoms with Crippen LogP contribution in [0.1, 0.15) is 68.2 Å². The van der Waals surface area contributed by atoms with Crippen molar-refractivity contribution in [2.24, 2.45) is 23.7 Å². The van der Waals surface area contributed by atoms with Crippen LogP contribution in [-0.2, 0) is 10.8 Å². The zero-order valence-electron chi connectivity index (χ0n) is 45.5. The number of hydrogen-bond donors (Lipinski definition) is 0. The molecule has 80 heavy (non-hydrogen) atoms. The van der Waals surface area contributed by atoms with Gasteiger partial charge in [-0.2, -0.15) is 0 Å². The van der Waals surface area contributed by atoms with E-state index in [1.807, 2.05) is 12.4 Å². The number of aromatic nitrogens is 1. The van der Waals surface area contributed by atoms with Crippen molar-refractivity contribution in [3.05, 3.63) is 277 Å². The summed E-state index contributed by atoms with van der Waals surface area (Å²) in [5.74, 6) is 3.05. The Hall–Kier alpha value is -8.85.